The topological polar surface area (TPSA) is 84.5 Å². The average Bonchev–Trinajstić information content (AvgIpc) is 2.67. The van der Waals surface area contributed by atoms with Gasteiger partial charge in [0, 0.05) is 11.6 Å². The highest BCUT2D eigenvalue weighted by molar-refractivity contribution is 7.89. The van der Waals surface area contributed by atoms with Gasteiger partial charge in [-0.3, -0.25) is 4.79 Å². The third-order valence-corrected chi connectivity index (χ3v) is 5.67. The Kier molecular flexibility index (Phi) is 8.29. The van der Waals surface area contributed by atoms with Gasteiger partial charge in [-0.15, -0.1) is 0 Å². The summed E-state index contributed by atoms with van der Waals surface area (Å²) in [6.45, 7) is 4.45. The molecule has 0 aliphatic carbocycles. The average molecular weight is 425 g/mol. The number of rotatable bonds is 10. The first-order valence-corrected chi connectivity index (χ1v) is 11.0. The SMILES string of the molecule is CCCNC(=O)C(Cc1ccccc1)NS(=O)(=O)c1cc(Cl)ccc1OCC. The fraction of sp³-hybridized carbons (Fsp3) is 0.350. The Morgan fingerprint density at radius 2 is 1.86 bits per heavy atom. The lowest BCUT2D eigenvalue weighted by atomic mass is 10.1. The number of hydrogen-bond acceptors (Lipinski definition) is 4. The molecule has 0 aromatic heterocycles. The van der Waals surface area contributed by atoms with Crippen LogP contribution in [0.3, 0.4) is 0 Å². The highest BCUT2D eigenvalue weighted by atomic mass is 35.5. The van der Waals surface area contributed by atoms with Crippen LogP contribution in [0.2, 0.25) is 5.02 Å². The lowest BCUT2D eigenvalue weighted by Crippen LogP contribution is -2.48. The molecule has 0 saturated heterocycles. The van der Waals surface area contributed by atoms with E-state index in [1.165, 1.54) is 12.1 Å². The summed E-state index contributed by atoms with van der Waals surface area (Å²) >= 11 is 5.99. The maximum absolute atomic E-state index is 13.0. The van der Waals surface area contributed by atoms with Crippen LogP contribution in [0.25, 0.3) is 0 Å². The van der Waals surface area contributed by atoms with Crippen LogP contribution in [-0.4, -0.2) is 33.5 Å². The summed E-state index contributed by atoms with van der Waals surface area (Å²) in [4.78, 5) is 12.5. The van der Waals surface area contributed by atoms with Crippen molar-refractivity contribution in [1.82, 2.24) is 10.0 Å². The third-order valence-electron chi connectivity index (χ3n) is 3.94. The number of ether oxygens (including phenoxy) is 1. The molecule has 2 aromatic rings. The quantitative estimate of drug-likeness (QED) is 0.613. The van der Waals surface area contributed by atoms with Gasteiger partial charge in [0.2, 0.25) is 15.9 Å². The van der Waals surface area contributed by atoms with Gasteiger partial charge in [0.15, 0.2) is 0 Å². The summed E-state index contributed by atoms with van der Waals surface area (Å²) in [5, 5.41) is 3.02. The molecule has 8 heteroatoms. The fourth-order valence-electron chi connectivity index (χ4n) is 2.63. The van der Waals surface area contributed by atoms with Crippen molar-refractivity contribution in [1.29, 1.82) is 0 Å². The Balaban J connectivity index is 2.33. The lowest BCUT2D eigenvalue weighted by molar-refractivity contribution is -0.122. The monoisotopic (exact) mass is 424 g/mol. The summed E-state index contributed by atoms with van der Waals surface area (Å²) in [5.74, 6) is -0.193. The predicted molar refractivity (Wildman–Crippen MR) is 110 cm³/mol. The van der Waals surface area contributed by atoms with Crippen LogP contribution in [0.4, 0.5) is 0 Å². The van der Waals surface area contributed by atoms with E-state index in [4.69, 9.17) is 16.3 Å². The molecule has 1 amide bonds. The molecule has 28 heavy (non-hydrogen) atoms. The zero-order chi connectivity index (χ0) is 20.6. The van der Waals surface area contributed by atoms with Crippen molar-refractivity contribution in [3.63, 3.8) is 0 Å². The summed E-state index contributed by atoms with van der Waals surface area (Å²) in [6.07, 6.45) is 0.972. The summed E-state index contributed by atoms with van der Waals surface area (Å²) in [6, 6.07) is 12.7. The number of halogens is 1. The van der Waals surface area contributed by atoms with Crippen LogP contribution in [0.5, 0.6) is 5.75 Å². The maximum Gasteiger partial charge on any atom is 0.245 e. The van der Waals surface area contributed by atoms with Crippen molar-refractivity contribution < 1.29 is 17.9 Å². The second kappa shape index (κ2) is 10.5. The van der Waals surface area contributed by atoms with E-state index < -0.39 is 16.1 Å². The highest BCUT2D eigenvalue weighted by Crippen LogP contribution is 2.27. The lowest BCUT2D eigenvalue weighted by Gasteiger charge is -2.20. The van der Waals surface area contributed by atoms with Gasteiger partial charge < -0.3 is 10.1 Å². The van der Waals surface area contributed by atoms with Crippen LogP contribution in [-0.2, 0) is 21.2 Å². The molecule has 2 rings (SSSR count). The summed E-state index contributed by atoms with van der Waals surface area (Å²) < 4.78 is 34.0. The molecule has 0 aliphatic rings. The maximum atomic E-state index is 13.0. The van der Waals surface area contributed by atoms with E-state index in [0.29, 0.717) is 13.2 Å². The molecule has 0 bridgehead atoms. The minimum atomic E-state index is -4.05. The van der Waals surface area contributed by atoms with E-state index in [1.54, 1.807) is 13.0 Å². The summed E-state index contributed by atoms with van der Waals surface area (Å²) in [7, 11) is -4.05. The Labute approximate surface area is 171 Å². The van der Waals surface area contributed by atoms with E-state index in [-0.39, 0.29) is 28.0 Å². The number of carbonyl (C=O) groups is 1. The third kappa shape index (κ3) is 6.22. The number of hydrogen-bond donors (Lipinski definition) is 2. The largest absolute Gasteiger partial charge is 0.492 e. The Morgan fingerprint density at radius 1 is 1.14 bits per heavy atom. The molecule has 6 nitrogen and oxygen atoms in total. The van der Waals surface area contributed by atoms with Crippen LogP contribution in [0.15, 0.2) is 53.4 Å². The normalized spacial score (nSPS) is 12.4. The first-order valence-electron chi connectivity index (χ1n) is 9.13. The van der Waals surface area contributed by atoms with E-state index in [1.807, 2.05) is 37.3 Å². The van der Waals surface area contributed by atoms with Gasteiger partial charge in [-0.05, 0) is 43.5 Å². The van der Waals surface area contributed by atoms with Crippen molar-refractivity contribution >= 4 is 27.5 Å². The van der Waals surface area contributed by atoms with Gasteiger partial charge in [0.05, 0.1) is 6.61 Å². The standard InChI is InChI=1S/C20H25ClN2O4S/c1-3-12-22-20(24)17(13-15-8-6-5-7-9-15)23-28(25,26)19-14-16(21)10-11-18(19)27-4-2/h5-11,14,17,23H,3-4,12-13H2,1-2H3,(H,22,24). The van der Waals surface area contributed by atoms with Crippen molar-refractivity contribution in [2.75, 3.05) is 13.2 Å². The number of carbonyl (C=O) groups excluding carboxylic acids is 1. The van der Waals surface area contributed by atoms with Crippen molar-refractivity contribution in [3.8, 4) is 5.75 Å². The predicted octanol–water partition coefficient (Wildman–Crippen LogP) is 3.15. The molecule has 0 aliphatic heterocycles. The molecule has 1 unspecified atom stereocenters. The fourth-order valence-corrected chi connectivity index (χ4v) is 4.23. The van der Waals surface area contributed by atoms with Gasteiger partial charge >= 0.3 is 0 Å². The second-order valence-corrected chi connectivity index (χ2v) is 8.30. The molecule has 2 aromatic carbocycles. The minimum Gasteiger partial charge on any atom is -0.492 e. The molecule has 2 N–H and O–H groups in total. The zero-order valence-corrected chi connectivity index (χ0v) is 17.5. The smallest absolute Gasteiger partial charge is 0.245 e. The molecule has 0 fully saturated rings. The van der Waals surface area contributed by atoms with Gasteiger partial charge in [-0.2, -0.15) is 4.72 Å². The molecule has 1 atom stereocenters. The molecule has 0 saturated carbocycles. The van der Waals surface area contributed by atoms with E-state index in [9.17, 15) is 13.2 Å². The Morgan fingerprint density at radius 3 is 2.50 bits per heavy atom. The zero-order valence-electron chi connectivity index (χ0n) is 15.9. The van der Waals surface area contributed by atoms with Crippen molar-refractivity contribution in [2.24, 2.45) is 0 Å². The Bertz CT molecular complexity index is 888. The number of benzene rings is 2. The molecule has 152 valence electrons. The highest BCUT2D eigenvalue weighted by Gasteiger charge is 2.28. The van der Waals surface area contributed by atoms with Crippen molar-refractivity contribution in [3.05, 3.63) is 59.1 Å². The van der Waals surface area contributed by atoms with Gasteiger partial charge in [-0.1, -0.05) is 48.9 Å². The minimum absolute atomic E-state index is 0.0943. The van der Waals surface area contributed by atoms with E-state index >= 15 is 0 Å². The van der Waals surface area contributed by atoms with Crippen LogP contribution < -0.4 is 14.8 Å². The second-order valence-electron chi connectivity index (χ2n) is 6.18. The first-order chi connectivity index (χ1) is 13.4. The molecule has 0 radical (unpaired) electrons. The van der Waals surface area contributed by atoms with E-state index in [0.717, 1.165) is 12.0 Å². The van der Waals surface area contributed by atoms with Gasteiger partial charge in [-0.25, -0.2) is 8.42 Å². The number of nitrogens with one attached hydrogen (secondary N) is 2. The Hall–Kier alpha value is -2.09. The molecular weight excluding hydrogens is 400 g/mol. The molecule has 0 spiro atoms. The summed E-state index contributed by atoms with van der Waals surface area (Å²) in [5.41, 5.74) is 0.845. The van der Waals surface area contributed by atoms with Crippen LogP contribution >= 0.6 is 11.6 Å². The van der Waals surface area contributed by atoms with Gasteiger partial charge in [0.25, 0.3) is 0 Å². The van der Waals surface area contributed by atoms with Gasteiger partial charge in [0.1, 0.15) is 16.7 Å². The number of amides is 1. The molecule has 0 heterocycles. The van der Waals surface area contributed by atoms with Crippen LogP contribution in [0.1, 0.15) is 25.8 Å². The van der Waals surface area contributed by atoms with Crippen molar-refractivity contribution in [2.45, 2.75) is 37.6 Å². The van der Waals surface area contributed by atoms with Crippen LogP contribution in [0, 0.1) is 0 Å². The molecular formula is C20H25ClN2O4S. The number of sulfonamides is 1. The first kappa shape index (κ1) is 22.2. The van der Waals surface area contributed by atoms with E-state index in [2.05, 4.69) is 10.0 Å².